The maximum atomic E-state index is 16.4. The summed E-state index contributed by atoms with van der Waals surface area (Å²) in [6.45, 7) is 4.29. The van der Waals surface area contributed by atoms with Gasteiger partial charge in [0.15, 0.2) is 5.82 Å². The van der Waals surface area contributed by atoms with Crippen molar-refractivity contribution in [1.82, 2.24) is 15.2 Å². The van der Waals surface area contributed by atoms with Gasteiger partial charge < -0.3 is 25.0 Å². The van der Waals surface area contributed by atoms with E-state index < -0.39 is 23.4 Å². The Morgan fingerprint density at radius 2 is 2.03 bits per heavy atom. The lowest BCUT2D eigenvalue weighted by atomic mass is 9.95. The standard InChI is InChI=1S/C28H28ClF2N5O3/c1-13-11-35-18(10-32-13)28(38)36-12-20(17-6-4-8-34(17)2)39-27-26(36)25(35)14-9-15(29)21(23(31)24(14)33-27)22-16(30)5-3-7-19(22)37/h3,5,7,9,13,17-18,20,32,37H,4,6,8,10-12H2,1-2H3/t13-,17+,18-,20+/m1/s1. The maximum Gasteiger partial charge on any atom is 0.251 e. The lowest BCUT2D eigenvalue weighted by Gasteiger charge is -2.50. The van der Waals surface area contributed by atoms with Gasteiger partial charge in [-0.25, -0.2) is 13.8 Å². The number of fused-ring (bicyclic) bond motifs is 4. The van der Waals surface area contributed by atoms with Gasteiger partial charge in [0, 0.05) is 36.1 Å². The number of carbonyl (C=O) groups is 1. The summed E-state index contributed by atoms with van der Waals surface area (Å²) in [5.74, 6) is -1.95. The third-order valence-electron chi connectivity index (χ3n) is 8.58. The Balaban J connectivity index is 1.50. The minimum Gasteiger partial charge on any atom is -0.507 e. The molecular formula is C28H28ClF2N5O3. The molecule has 0 radical (unpaired) electrons. The summed E-state index contributed by atoms with van der Waals surface area (Å²) < 4.78 is 37.7. The molecule has 0 bridgehead atoms. The van der Waals surface area contributed by atoms with Gasteiger partial charge in [0.25, 0.3) is 5.91 Å². The topological polar surface area (TPSA) is 81.2 Å². The first-order valence-electron chi connectivity index (χ1n) is 13.3. The van der Waals surface area contributed by atoms with Crippen LogP contribution in [0, 0.1) is 11.6 Å². The Morgan fingerprint density at radius 1 is 1.21 bits per heavy atom. The van der Waals surface area contributed by atoms with Crippen LogP contribution < -0.4 is 19.9 Å². The van der Waals surface area contributed by atoms with Crippen molar-refractivity contribution in [1.29, 1.82) is 0 Å². The molecule has 4 aliphatic heterocycles. The number of likely N-dealkylation sites (N-methyl/N-ethyl adjacent to an activating group) is 1. The molecule has 204 valence electrons. The molecule has 0 unspecified atom stereocenters. The Kier molecular flexibility index (Phi) is 5.66. The molecule has 7 rings (SSSR count). The summed E-state index contributed by atoms with van der Waals surface area (Å²) in [5.41, 5.74) is 0.511. The molecule has 2 aromatic carbocycles. The van der Waals surface area contributed by atoms with Gasteiger partial charge in [-0.1, -0.05) is 17.7 Å². The van der Waals surface area contributed by atoms with Crippen molar-refractivity contribution in [3.8, 4) is 22.8 Å². The van der Waals surface area contributed by atoms with E-state index in [1.165, 1.54) is 12.1 Å². The highest BCUT2D eigenvalue weighted by Crippen LogP contribution is 2.52. The summed E-state index contributed by atoms with van der Waals surface area (Å²) in [7, 11) is 2.04. The van der Waals surface area contributed by atoms with Gasteiger partial charge in [-0.3, -0.25) is 9.69 Å². The summed E-state index contributed by atoms with van der Waals surface area (Å²) in [4.78, 5) is 24.4. The molecule has 4 atom stereocenters. The van der Waals surface area contributed by atoms with Crippen molar-refractivity contribution in [2.24, 2.45) is 0 Å². The molecule has 0 spiro atoms. The fraction of sp³-hybridized carbons (Fsp3) is 0.429. The summed E-state index contributed by atoms with van der Waals surface area (Å²) >= 11 is 6.62. The molecule has 5 heterocycles. The zero-order chi connectivity index (χ0) is 27.2. The quantitative estimate of drug-likeness (QED) is 0.496. The van der Waals surface area contributed by atoms with Crippen molar-refractivity contribution in [2.45, 2.75) is 44.0 Å². The number of nitrogens with zero attached hydrogens (tertiary/aromatic N) is 4. The highest BCUT2D eigenvalue weighted by molar-refractivity contribution is 6.35. The molecule has 0 aliphatic carbocycles. The fourth-order valence-electron chi connectivity index (χ4n) is 6.70. The molecule has 2 fully saturated rings. The molecule has 2 saturated heterocycles. The van der Waals surface area contributed by atoms with Crippen molar-refractivity contribution in [3.05, 3.63) is 40.9 Å². The van der Waals surface area contributed by atoms with Gasteiger partial charge in [0.2, 0.25) is 5.88 Å². The SMILES string of the molecule is C[C@@H]1CN2c3c4c(nc5c(F)c(-c6c(O)cccc6F)c(Cl)cc35)O[C@H]([C@@H]3CCCN3C)CN4C(=O)[C@H]2CN1. The van der Waals surface area contributed by atoms with Gasteiger partial charge in [0.1, 0.15) is 34.9 Å². The van der Waals surface area contributed by atoms with Gasteiger partial charge in [-0.05, 0) is 51.6 Å². The number of anilines is 2. The molecule has 1 amide bonds. The number of amides is 1. The van der Waals surface area contributed by atoms with E-state index in [-0.39, 0.29) is 51.6 Å². The number of halogens is 3. The number of pyridine rings is 1. The van der Waals surface area contributed by atoms with Gasteiger partial charge in [-0.15, -0.1) is 0 Å². The molecule has 0 saturated carbocycles. The number of ether oxygens (including phenoxy) is 1. The van der Waals surface area contributed by atoms with Crippen LogP contribution in [0.2, 0.25) is 5.02 Å². The molecule has 4 aliphatic rings. The Hall–Kier alpha value is -3.21. The lowest BCUT2D eigenvalue weighted by Crippen LogP contribution is -2.66. The predicted octanol–water partition coefficient (Wildman–Crippen LogP) is 3.91. The molecule has 39 heavy (non-hydrogen) atoms. The summed E-state index contributed by atoms with van der Waals surface area (Å²) in [5, 5.41) is 14.2. The van der Waals surface area contributed by atoms with Crippen LogP contribution in [0.3, 0.4) is 0 Å². The van der Waals surface area contributed by atoms with Crippen LogP contribution in [-0.4, -0.2) is 78.4 Å². The van der Waals surface area contributed by atoms with Crippen LogP contribution in [0.1, 0.15) is 19.8 Å². The number of aromatic hydroxyl groups is 1. The zero-order valence-electron chi connectivity index (χ0n) is 21.5. The van der Waals surface area contributed by atoms with Crippen LogP contribution in [-0.2, 0) is 4.79 Å². The summed E-state index contributed by atoms with van der Waals surface area (Å²) in [6.07, 6.45) is 1.62. The molecule has 11 heteroatoms. The third kappa shape index (κ3) is 3.61. The molecule has 8 nitrogen and oxygen atoms in total. The number of carbonyl (C=O) groups excluding carboxylic acids is 1. The minimum absolute atomic E-state index is 0.0438. The first-order valence-corrected chi connectivity index (χ1v) is 13.6. The number of nitrogens with one attached hydrogen (secondary N) is 1. The Bertz CT molecular complexity index is 1520. The predicted molar refractivity (Wildman–Crippen MR) is 145 cm³/mol. The highest BCUT2D eigenvalue weighted by Gasteiger charge is 2.49. The van der Waals surface area contributed by atoms with E-state index in [1.807, 2.05) is 18.9 Å². The van der Waals surface area contributed by atoms with Gasteiger partial charge >= 0.3 is 0 Å². The highest BCUT2D eigenvalue weighted by atomic mass is 35.5. The van der Waals surface area contributed by atoms with Crippen molar-refractivity contribution in [2.75, 3.05) is 43.0 Å². The second-order valence-corrected chi connectivity index (χ2v) is 11.4. The van der Waals surface area contributed by atoms with Crippen LogP contribution in [0.5, 0.6) is 11.6 Å². The number of hydrogen-bond acceptors (Lipinski definition) is 7. The van der Waals surface area contributed by atoms with Gasteiger partial charge in [-0.2, -0.15) is 0 Å². The zero-order valence-corrected chi connectivity index (χ0v) is 22.3. The summed E-state index contributed by atoms with van der Waals surface area (Å²) in [6, 6.07) is 5.01. The molecule has 3 aromatic rings. The average Bonchev–Trinajstić information content (AvgIpc) is 3.33. The second kappa shape index (κ2) is 8.90. The monoisotopic (exact) mass is 555 g/mol. The van der Waals surface area contributed by atoms with E-state index in [4.69, 9.17) is 16.3 Å². The third-order valence-corrected chi connectivity index (χ3v) is 8.87. The number of phenols is 1. The first-order chi connectivity index (χ1) is 18.7. The minimum atomic E-state index is -0.858. The number of piperazine rings is 1. The number of likely N-dealkylation sites (tertiary alicyclic amines) is 1. The van der Waals surface area contributed by atoms with Crippen molar-refractivity contribution in [3.63, 3.8) is 0 Å². The Morgan fingerprint density at radius 3 is 2.77 bits per heavy atom. The molecule has 1 aromatic heterocycles. The average molecular weight is 556 g/mol. The van der Waals surface area contributed by atoms with E-state index in [9.17, 15) is 14.3 Å². The van der Waals surface area contributed by atoms with E-state index in [2.05, 4.69) is 15.2 Å². The maximum absolute atomic E-state index is 16.4. The van der Waals surface area contributed by atoms with Crippen LogP contribution >= 0.6 is 11.6 Å². The molecular weight excluding hydrogens is 528 g/mol. The fourth-order valence-corrected chi connectivity index (χ4v) is 6.99. The smallest absolute Gasteiger partial charge is 0.251 e. The lowest BCUT2D eigenvalue weighted by molar-refractivity contribution is -0.121. The first kappa shape index (κ1) is 24.8. The number of phenolic OH excluding ortho intramolecular Hbond substituents is 1. The van der Waals surface area contributed by atoms with E-state index in [0.717, 1.165) is 25.5 Å². The second-order valence-electron chi connectivity index (χ2n) is 11.0. The van der Waals surface area contributed by atoms with Crippen LogP contribution in [0.4, 0.5) is 20.2 Å². The number of benzene rings is 2. The number of aromatic nitrogens is 1. The number of rotatable bonds is 2. The van der Waals surface area contributed by atoms with Crippen molar-refractivity contribution >= 4 is 39.8 Å². The van der Waals surface area contributed by atoms with E-state index >= 15 is 4.39 Å². The normalized spacial score (nSPS) is 26.5. The van der Waals surface area contributed by atoms with Crippen LogP contribution in [0.25, 0.3) is 22.0 Å². The van der Waals surface area contributed by atoms with Crippen LogP contribution in [0.15, 0.2) is 24.3 Å². The van der Waals surface area contributed by atoms with Crippen molar-refractivity contribution < 1.29 is 23.4 Å². The van der Waals surface area contributed by atoms with E-state index in [0.29, 0.717) is 36.4 Å². The van der Waals surface area contributed by atoms with Gasteiger partial charge in [0.05, 0.1) is 22.8 Å². The Labute approximate surface area is 229 Å². The molecule has 2 N–H and O–H groups in total. The van der Waals surface area contributed by atoms with E-state index in [1.54, 1.807) is 11.0 Å². The number of hydrogen-bond donors (Lipinski definition) is 2. The largest absolute Gasteiger partial charge is 0.507 e.